The Bertz CT molecular complexity index is 345. The molecule has 0 radical (unpaired) electrons. The van der Waals surface area contributed by atoms with E-state index in [-0.39, 0.29) is 0 Å². The third kappa shape index (κ3) is 3.35. The molecule has 0 amide bonds. The molecule has 1 aromatic rings. The Hall–Kier alpha value is -1.25. The summed E-state index contributed by atoms with van der Waals surface area (Å²) in [6.07, 6.45) is 7.41. The lowest BCUT2D eigenvalue weighted by atomic mass is 10.00. The maximum absolute atomic E-state index is 4.28. The van der Waals surface area contributed by atoms with Crippen molar-refractivity contribution in [2.24, 2.45) is 5.92 Å². The largest absolute Gasteiger partial charge is 0.382 e. The summed E-state index contributed by atoms with van der Waals surface area (Å²) in [4.78, 5) is 4.28. The van der Waals surface area contributed by atoms with Gasteiger partial charge in [-0.25, -0.2) is 4.98 Å². The van der Waals surface area contributed by atoms with E-state index in [2.05, 4.69) is 35.5 Å². The minimum atomic E-state index is 0.564. The fourth-order valence-corrected chi connectivity index (χ4v) is 2.64. The van der Waals surface area contributed by atoms with Crippen LogP contribution >= 0.6 is 0 Å². The highest BCUT2D eigenvalue weighted by Crippen LogP contribution is 2.29. The monoisotopic (exact) mass is 233 g/mol. The van der Waals surface area contributed by atoms with Gasteiger partial charge in [0, 0.05) is 30.5 Å². The maximum Gasteiger partial charge on any atom is 0.127 e. The first-order valence-corrected chi connectivity index (χ1v) is 6.76. The minimum absolute atomic E-state index is 0.564. The molecule has 1 saturated carbocycles. The molecule has 2 N–H and O–H groups in total. The summed E-state index contributed by atoms with van der Waals surface area (Å²) < 4.78 is 0. The fraction of sp³-hybridized carbons (Fsp3) is 0.643. The van der Waals surface area contributed by atoms with Gasteiger partial charge in [-0.15, -0.1) is 0 Å². The second-order valence-electron chi connectivity index (χ2n) is 4.94. The third-order valence-corrected chi connectivity index (χ3v) is 3.62. The van der Waals surface area contributed by atoms with Crippen LogP contribution in [-0.2, 0) is 0 Å². The van der Waals surface area contributed by atoms with Crippen molar-refractivity contribution in [3.63, 3.8) is 0 Å². The van der Waals surface area contributed by atoms with E-state index in [4.69, 9.17) is 0 Å². The highest BCUT2D eigenvalue weighted by Gasteiger charge is 2.21. The van der Waals surface area contributed by atoms with Crippen molar-refractivity contribution >= 4 is 11.5 Å². The van der Waals surface area contributed by atoms with E-state index >= 15 is 0 Å². The quantitative estimate of drug-likeness (QED) is 0.817. The van der Waals surface area contributed by atoms with Crippen molar-refractivity contribution in [1.82, 2.24) is 4.98 Å². The first-order chi connectivity index (χ1) is 8.29. The van der Waals surface area contributed by atoms with Crippen molar-refractivity contribution in [3.05, 3.63) is 18.3 Å². The highest BCUT2D eigenvalue weighted by atomic mass is 15.0. The summed E-state index contributed by atoms with van der Waals surface area (Å²) in [7, 11) is 0. The molecule has 3 heteroatoms. The zero-order valence-corrected chi connectivity index (χ0v) is 10.9. The molecule has 17 heavy (non-hydrogen) atoms. The summed E-state index contributed by atoms with van der Waals surface area (Å²) >= 11 is 0. The molecule has 1 unspecified atom stereocenters. The van der Waals surface area contributed by atoms with Crippen molar-refractivity contribution in [1.29, 1.82) is 0 Å². The third-order valence-electron chi connectivity index (χ3n) is 3.62. The van der Waals surface area contributed by atoms with Gasteiger partial charge in [-0.3, -0.25) is 0 Å². The van der Waals surface area contributed by atoms with Gasteiger partial charge in [0.05, 0.1) is 0 Å². The number of rotatable bonds is 5. The van der Waals surface area contributed by atoms with Crippen LogP contribution in [-0.4, -0.2) is 17.6 Å². The van der Waals surface area contributed by atoms with Gasteiger partial charge in [-0.05, 0) is 38.7 Å². The van der Waals surface area contributed by atoms with Gasteiger partial charge in [0.2, 0.25) is 0 Å². The van der Waals surface area contributed by atoms with Gasteiger partial charge in [-0.1, -0.05) is 12.8 Å². The van der Waals surface area contributed by atoms with E-state index < -0.39 is 0 Å². The van der Waals surface area contributed by atoms with Crippen LogP contribution in [0.25, 0.3) is 0 Å². The second kappa shape index (κ2) is 5.89. The van der Waals surface area contributed by atoms with E-state index in [1.165, 1.54) is 31.4 Å². The van der Waals surface area contributed by atoms with Gasteiger partial charge in [0.1, 0.15) is 5.82 Å². The second-order valence-corrected chi connectivity index (χ2v) is 4.94. The average molecular weight is 233 g/mol. The molecule has 0 spiro atoms. The molecular formula is C14H23N3. The molecule has 0 bridgehead atoms. The minimum Gasteiger partial charge on any atom is -0.382 e. The number of nitrogens with zero attached hydrogens (tertiary/aromatic N) is 1. The number of aromatic nitrogens is 1. The highest BCUT2D eigenvalue weighted by molar-refractivity contribution is 5.52. The summed E-state index contributed by atoms with van der Waals surface area (Å²) in [5.74, 6) is 1.79. The maximum atomic E-state index is 4.28. The van der Waals surface area contributed by atoms with E-state index in [1.807, 2.05) is 12.3 Å². The molecule has 1 heterocycles. The van der Waals surface area contributed by atoms with Crippen molar-refractivity contribution in [2.45, 2.75) is 45.6 Å². The molecule has 2 rings (SSSR count). The molecule has 3 nitrogen and oxygen atoms in total. The van der Waals surface area contributed by atoms with Crippen LogP contribution < -0.4 is 10.6 Å². The summed E-state index contributed by atoms with van der Waals surface area (Å²) in [5, 5.41) is 6.84. The number of pyridine rings is 1. The van der Waals surface area contributed by atoms with Crippen LogP contribution in [0.5, 0.6) is 0 Å². The fourth-order valence-electron chi connectivity index (χ4n) is 2.64. The lowest BCUT2D eigenvalue weighted by Crippen LogP contribution is -2.23. The van der Waals surface area contributed by atoms with Crippen LogP contribution in [0.4, 0.5) is 11.5 Å². The molecule has 0 aliphatic heterocycles. The molecule has 1 atom stereocenters. The van der Waals surface area contributed by atoms with Crippen LogP contribution in [0, 0.1) is 5.92 Å². The van der Waals surface area contributed by atoms with Crippen molar-refractivity contribution in [3.8, 4) is 0 Å². The van der Waals surface area contributed by atoms with Gasteiger partial charge in [-0.2, -0.15) is 0 Å². The number of nitrogens with one attached hydrogen (secondary N) is 2. The van der Waals surface area contributed by atoms with Crippen molar-refractivity contribution in [2.75, 3.05) is 17.2 Å². The molecule has 0 saturated heterocycles. The Morgan fingerprint density at radius 1 is 1.41 bits per heavy atom. The Kier molecular flexibility index (Phi) is 4.24. The lowest BCUT2D eigenvalue weighted by Gasteiger charge is -2.21. The van der Waals surface area contributed by atoms with Gasteiger partial charge < -0.3 is 10.6 Å². The zero-order chi connectivity index (χ0) is 12.1. The Labute approximate surface area is 104 Å². The Morgan fingerprint density at radius 3 is 2.88 bits per heavy atom. The summed E-state index contributed by atoms with van der Waals surface area (Å²) in [5.41, 5.74) is 1.18. The standard InChI is InChI=1S/C14H23N3/c1-3-15-14-10-13(8-9-16-14)17-11(2)12-6-4-5-7-12/h8-12H,3-7H2,1-2H3,(H2,15,16,17). The normalized spacial score (nSPS) is 18.0. The SMILES string of the molecule is CCNc1cc(NC(C)C2CCCC2)ccn1. The number of hydrogen-bond donors (Lipinski definition) is 2. The smallest absolute Gasteiger partial charge is 0.127 e. The predicted octanol–water partition coefficient (Wildman–Crippen LogP) is 3.50. The van der Waals surface area contributed by atoms with Crippen LogP contribution in [0.3, 0.4) is 0 Å². The average Bonchev–Trinajstić information content (AvgIpc) is 2.83. The molecule has 1 aliphatic carbocycles. The molecule has 1 aliphatic rings. The number of anilines is 2. The molecule has 1 aromatic heterocycles. The van der Waals surface area contributed by atoms with Crippen LogP contribution in [0.15, 0.2) is 18.3 Å². The van der Waals surface area contributed by atoms with Crippen molar-refractivity contribution < 1.29 is 0 Å². The number of hydrogen-bond acceptors (Lipinski definition) is 3. The first kappa shape index (κ1) is 12.2. The van der Waals surface area contributed by atoms with E-state index in [1.54, 1.807) is 0 Å². The Balaban J connectivity index is 1.94. The van der Waals surface area contributed by atoms with Gasteiger partial charge in [0.15, 0.2) is 0 Å². The van der Waals surface area contributed by atoms with E-state index in [0.717, 1.165) is 18.3 Å². The van der Waals surface area contributed by atoms with Crippen LogP contribution in [0.1, 0.15) is 39.5 Å². The molecule has 94 valence electrons. The van der Waals surface area contributed by atoms with Crippen LogP contribution in [0.2, 0.25) is 0 Å². The van der Waals surface area contributed by atoms with E-state index in [0.29, 0.717) is 6.04 Å². The zero-order valence-electron chi connectivity index (χ0n) is 10.9. The van der Waals surface area contributed by atoms with Gasteiger partial charge >= 0.3 is 0 Å². The summed E-state index contributed by atoms with van der Waals surface area (Å²) in [6.45, 7) is 5.29. The van der Waals surface area contributed by atoms with Gasteiger partial charge in [0.25, 0.3) is 0 Å². The summed E-state index contributed by atoms with van der Waals surface area (Å²) in [6, 6.07) is 4.70. The Morgan fingerprint density at radius 2 is 2.18 bits per heavy atom. The molecular weight excluding hydrogens is 210 g/mol. The lowest BCUT2D eigenvalue weighted by molar-refractivity contribution is 0.482. The predicted molar refractivity (Wildman–Crippen MR) is 73.4 cm³/mol. The molecule has 1 fully saturated rings. The molecule has 0 aromatic carbocycles. The van der Waals surface area contributed by atoms with E-state index in [9.17, 15) is 0 Å². The topological polar surface area (TPSA) is 37.0 Å². The first-order valence-electron chi connectivity index (χ1n) is 6.76.